The monoisotopic (exact) mass is 310 g/mol. The Kier molecular flexibility index (Phi) is 4.28. The maximum Gasteiger partial charge on any atom is 0.328 e. The first-order valence-electron chi connectivity index (χ1n) is 7.63. The van der Waals surface area contributed by atoms with Gasteiger partial charge in [0.25, 0.3) is 0 Å². The molecule has 0 radical (unpaired) electrons. The molecule has 1 saturated heterocycles. The van der Waals surface area contributed by atoms with E-state index in [1.54, 1.807) is 4.90 Å². The van der Waals surface area contributed by atoms with Crippen LogP contribution in [0.25, 0.3) is 0 Å². The zero-order chi connectivity index (χ0) is 16.2. The third-order valence-electron chi connectivity index (χ3n) is 3.82. The number of para-hydroxylation sites is 1. The van der Waals surface area contributed by atoms with Crippen LogP contribution in [0.4, 0.5) is 10.5 Å². The van der Waals surface area contributed by atoms with Gasteiger partial charge in [-0.3, -0.25) is 15.0 Å². The second kappa shape index (κ2) is 6.52. The Hall–Kier alpha value is -2.82. The molecular formula is C18H18N2O3. The number of anilines is 1. The minimum atomic E-state index is -0.371. The number of hydrogen-bond donors (Lipinski definition) is 1. The highest BCUT2D eigenvalue weighted by Gasteiger charge is 2.32. The van der Waals surface area contributed by atoms with Crippen LogP contribution in [0.3, 0.4) is 0 Å². The standard InChI is InChI=1S/C18H18N2O3/c1-2-13-12-17(21)19-18(22)20(13)14-8-10-16(11-9-14)23-15-6-4-3-5-7-15/h3-11,13H,2,12H2,1H3,(H,19,21,22). The minimum Gasteiger partial charge on any atom is -0.457 e. The number of nitrogens with zero attached hydrogens (tertiary/aromatic N) is 1. The zero-order valence-corrected chi connectivity index (χ0v) is 12.9. The maximum atomic E-state index is 12.1. The number of rotatable bonds is 4. The molecule has 1 aliphatic heterocycles. The van der Waals surface area contributed by atoms with Crippen molar-refractivity contribution >= 4 is 17.6 Å². The van der Waals surface area contributed by atoms with Gasteiger partial charge >= 0.3 is 6.03 Å². The summed E-state index contributed by atoms with van der Waals surface area (Å²) in [5.41, 5.74) is 0.752. The fourth-order valence-electron chi connectivity index (χ4n) is 2.66. The van der Waals surface area contributed by atoms with Gasteiger partial charge in [0, 0.05) is 18.2 Å². The molecule has 1 unspecified atom stereocenters. The van der Waals surface area contributed by atoms with Crippen molar-refractivity contribution in [1.82, 2.24) is 5.32 Å². The molecule has 1 N–H and O–H groups in total. The van der Waals surface area contributed by atoms with E-state index in [2.05, 4.69) is 5.32 Å². The summed E-state index contributed by atoms with van der Waals surface area (Å²) in [7, 11) is 0. The minimum absolute atomic E-state index is 0.114. The summed E-state index contributed by atoms with van der Waals surface area (Å²) in [5.74, 6) is 1.23. The molecule has 2 aromatic carbocycles. The second-order valence-corrected chi connectivity index (χ2v) is 5.40. The highest BCUT2D eigenvalue weighted by Crippen LogP contribution is 2.27. The van der Waals surface area contributed by atoms with E-state index in [9.17, 15) is 9.59 Å². The Morgan fingerprint density at radius 3 is 2.35 bits per heavy atom. The number of carbonyl (C=O) groups excluding carboxylic acids is 2. The molecule has 23 heavy (non-hydrogen) atoms. The number of ether oxygens (including phenoxy) is 1. The van der Waals surface area contributed by atoms with E-state index in [1.807, 2.05) is 61.5 Å². The lowest BCUT2D eigenvalue weighted by atomic mass is 10.1. The van der Waals surface area contributed by atoms with Crippen molar-refractivity contribution in [2.24, 2.45) is 0 Å². The van der Waals surface area contributed by atoms with Gasteiger partial charge in [0.2, 0.25) is 5.91 Å². The van der Waals surface area contributed by atoms with Crippen molar-refractivity contribution in [3.63, 3.8) is 0 Å². The molecule has 1 fully saturated rings. The fraction of sp³-hybridized carbons (Fsp3) is 0.222. The van der Waals surface area contributed by atoms with Crippen molar-refractivity contribution in [2.75, 3.05) is 4.90 Å². The van der Waals surface area contributed by atoms with Gasteiger partial charge in [-0.1, -0.05) is 25.1 Å². The number of imide groups is 1. The molecule has 1 aliphatic rings. The van der Waals surface area contributed by atoms with Gasteiger partial charge in [0.15, 0.2) is 0 Å². The van der Waals surface area contributed by atoms with Gasteiger partial charge in [0.05, 0.1) is 0 Å². The summed E-state index contributed by atoms with van der Waals surface area (Å²) in [4.78, 5) is 25.2. The molecule has 0 bridgehead atoms. The third-order valence-corrected chi connectivity index (χ3v) is 3.82. The number of benzene rings is 2. The molecule has 0 aliphatic carbocycles. The first kappa shape index (κ1) is 15.1. The first-order chi connectivity index (χ1) is 11.2. The van der Waals surface area contributed by atoms with E-state index < -0.39 is 0 Å². The zero-order valence-electron chi connectivity index (χ0n) is 12.9. The molecule has 5 nitrogen and oxygen atoms in total. The molecule has 2 aromatic rings. The number of hydrogen-bond acceptors (Lipinski definition) is 3. The lowest BCUT2D eigenvalue weighted by molar-refractivity contribution is -0.120. The lowest BCUT2D eigenvalue weighted by Gasteiger charge is -2.34. The summed E-state index contributed by atoms with van der Waals surface area (Å²) in [6, 6.07) is 16.3. The SMILES string of the molecule is CCC1CC(=O)NC(=O)N1c1ccc(Oc2ccccc2)cc1. The highest BCUT2D eigenvalue weighted by atomic mass is 16.5. The summed E-state index contributed by atoms with van der Waals surface area (Å²) >= 11 is 0. The number of amides is 3. The Morgan fingerprint density at radius 1 is 1.04 bits per heavy atom. The average Bonchev–Trinajstić information content (AvgIpc) is 2.56. The molecule has 0 spiro atoms. The molecule has 1 heterocycles. The summed E-state index contributed by atoms with van der Waals surface area (Å²) in [6.07, 6.45) is 1.05. The van der Waals surface area contributed by atoms with E-state index in [0.717, 1.165) is 17.9 Å². The summed E-state index contributed by atoms with van der Waals surface area (Å²) in [6.45, 7) is 1.97. The van der Waals surface area contributed by atoms with Crippen molar-refractivity contribution in [3.8, 4) is 11.5 Å². The van der Waals surface area contributed by atoms with Crippen molar-refractivity contribution < 1.29 is 14.3 Å². The van der Waals surface area contributed by atoms with Gasteiger partial charge in [-0.15, -0.1) is 0 Å². The van der Waals surface area contributed by atoms with E-state index in [1.165, 1.54) is 0 Å². The number of nitrogens with one attached hydrogen (secondary N) is 1. The molecular weight excluding hydrogens is 292 g/mol. The average molecular weight is 310 g/mol. The Labute approximate surface area is 134 Å². The van der Waals surface area contributed by atoms with Crippen LogP contribution in [0.5, 0.6) is 11.5 Å². The molecule has 0 saturated carbocycles. The van der Waals surface area contributed by atoms with E-state index in [4.69, 9.17) is 4.74 Å². The second-order valence-electron chi connectivity index (χ2n) is 5.40. The first-order valence-corrected chi connectivity index (χ1v) is 7.63. The molecule has 3 amide bonds. The van der Waals surface area contributed by atoms with Crippen LogP contribution < -0.4 is 15.0 Å². The summed E-state index contributed by atoms with van der Waals surface area (Å²) < 4.78 is 5.74. The molecule has 1 atom stereocenters. The maximum absolute atomic E-state index is 12.1. The summed E-state index contributed by atoms with van der Waals surface area (Å²) in [5, 5.41) is 2.36. The van der Waals surface area contributed by atoms with Crippen LogP contribution in [0.1, 0.15) is 19.8 Å². The number of carbonyl (C=O) groups is 2. The normalized spacial score (nSPS) is 17.8. The van der Waals surface area contributed by atoms with Gasteiger partial charge in [-0.05, 0) is 42.8 Å². The van der Waals surface area contributed by atoms with Gasteiger partial charge in [0.1, 0.15) is 11.5 Å². The predicted molar refractivity (Wildman–Crippen MR) is 87.7 cm³/mol. The smallest absolute Gasteiger partial charge is 0.328 e. The van der Waals surface area contributed by atoms with Crippen LogP contribution in [0.2, 0.25) is 0 Å². The molecule has 118 valence electrons. The van der Waals surface area contributed by atoms with Crippen LogP contribution >= 0.6 is 0 Å². The number of urea groups is 1. The largest absolute Gasteiger partial charge is 0.457 e. The van der Waals surface area contributed by atoms with Crippen LogP contribution in [-0.4, -0.2) is 18.0 Å². The quantitative estimate of drug-likeness (QED) is 0.936. The van der Waals surface area contributed by atoms with E-state index >= 15 is 0 Å². The van der Waals surface area contributed by atoms with Crippen LogP contribution in [0, 0.1) is 0 Å². The lowest BCUT2D eigenvalue weighted by Crippen LogP contribution is -2.55. The molecule has 5 heteroatoms. The van der Waals surface area contributed by atoms with Crippen LogP contribution in [-0.2, 0) is 4.79 Å². The van der Waals surface area contributed by atoms with Gasteiger partial charge in [-0.2, -0.15) is 0 Å². The topological polar surface area (TPSA) is 58.6 Å². The van der Waals surface area contributed by atoms with Crippen molar-refractivity contribution in [1.29, 1.82) is 0 Å². The molecule has 3 rings (SSSR count). The van der Waals surface area contributed by atoms with Crippen molar-refractivity contribution in [3.05, 3.63) is 54.6 Å². The van der Waals surface area contributed by atoms with E-state index in [-0.39, 0.29) is 18.0 Å². The Morgan fingerprint density at radius 2 is 1.70 bits per heavy atom. The molecule has 0 aromatic heterocycles. The van der Waals surface area contributed by atoms with Crippen LogP contribution in [0.15, 0.2) is 54.6 Å². The van der Waals surface area contributed by atoms with Crippen molar-refractivity contribution in [2.45, 2.75) is 25.8 Å². The highest BCUT2D eigenvalue weighted by molar-refractivity contribution is 6.06. The fourth-order valence-corrected chi connectivity index (χ4v) is 2.66. The Balaban J connectivity index is 1.78. The van der Waals surface area contributed by atoms with Gasteiger partial charge < -0.3 is 4.74 Å². The predicted octanol–water partition coefficient (Wildman–Crippen LogP) is 3.70. The van der Waals surface area contributed by atoms with E-state index in [0.29, 0.717) is 12.2 Å². The van der Waals surface area contributed by atoms with Gasteiger partial charge in [-0.25, -0.2) is 4.79 Å². The Bertz CT molecular complexity index is 698. The third kappa shape index (κ3) is 3.34.